The van der Waals surface area contributed by atoms with Crippen molar-refractivity contribution in [2.24, 2.45) is 0 Å². The van der Waals surface area contributed by atoms with Crippen LogP contribution in [0.5, 0.6) is 0 Å². The molecule has 0 saturated heterocycles. The number of para-hydroxylation sites is 1. The van der Waals surface area contributed by atoms with Gasteiger partial charge in [-0.05, 0) is 43.2 Å². The zero-order valence-corrected chi connectivity index (χ0v) is 17.3. The van der Waals surface area contributed by atoms with E-state index in [2.05, 4.69) is 10.0 Å². The molecule has 0 aromatic heterocycles. The van der Waals surface area contributed by atoms with Crippen molar-refractivity contribution in [3.63, 3.8) is 0 Å². The van der Waals surface area contributed by atoms with Crippen LogP contribution in [0.3, 0.4) is 0 Å². The van der Waals surface area contributed by atoms with Crippen molar-refractivity contribution in [3.8, 4) is 0 Å². The van der Waals surface area contributed by atoms with E-state index in [1.807, 2.05) is 30.3 Å². The zero-order valence-electron chi connectivity index (χ0n) is 16.5. The lowest BCUT2D eigenvalue weighted by Crippen LogP contribution is -2.27. The van der Waals surface area contributed by atoms with E-state index >= 15 is 0 Å². The number of amides is 1. The normalized spacial score (nSPS) is 11.0. The van der Waals surface area contributed by atoms with Gasteiger partial charge in [0, 0.05) is 12.1 Å². The predicted molar refractivity (Wildman–Crippen MR) is 116 cm³/mol. The van der Waals surface area contributed by atoms with Gasteiger partial charge in [-0.3, -0.25) is 14.3 Å². The number of nitrogens with one attached hydrogen (secondary N) is 2. The van der Waals surface area contributed by atoms with Crippen molar-refractivity contribution in [2.45, 2.75) is 18.2 Å². The van der Waals surface area contributed by atoms with Crippen molar-refractivity contribution in [1.29, 1.82) is 0 Å². The summed E-state index contributed by atoms with van der Waals surface area (Å²) in [5.41, 5.74) is 1.78. The first kappa shape index (κ1) is 21.3. The summed E-state index contributed by atoms with van der Waals surface area (Å²) < 4.78 is 28.1. The number of anilines is 1. The minimum absolute atomic E-state index is 0.0468. The molecule has 0 saturated carbocycles. The molecule has 0 unspecified atom stereocenters. The minimum atomic E-state index is -3.97. The Kier molecular flexibility index (Phi) is 6.64. The molecule has 1 amide bonds. The number of Topliss-reactive ketones (excluding diaryl/α,β-unsaturated/α-hetero) is 1. The van der Waals surface area contributed by atoms with Crippen LogP contribution >= 0.6 is 0 Å². The Labute approximate surface area is 176 Å². The van der Waals surface area contributed by atoms with Gasteiger partial charge < -0.3 is 5.32 Å². The summed E-state index contributed by atoms with van der Waals surface area (Å²) >= 11 is 0. The van der Waals surface area contributed by atoms with Crippen LogP contribution < -0.4 is 10.0 Å². The van der Waals surface area contributed by atoms with Crippen molar-refractivity contribution in [2.75, 3.05) is 11.3 Å². The number of rotatable bonds is 8. The summed E-state index contributed by atoms with van der Waals surface area (Å²) in [6.07, 6.45) is 0.665. The molecule has 0 heterocycles. The van der Waals surface area contributed by atoms with E-state index in [4.69, 9.17) is 0 Å². The lowest BCUT2D eigenvalue weighted by molar-refractivity contribution is 0.0954. The van der Waals surface area contributed by atoms with Crippen molar-refractivity contribution >= 4 is 27.4 Å². The van der Waals surface area contributed by atoms with Gasteiger partial charge >= 0.3 is 0 Å². The van der Waals surface area contributed by atoms with E-state index in [9.17, 15) is 18.0 Å². The highest BCUT2D eigenvalue weighted by molar-refractivity contribution is 7.92. The molecule has 154 valence electrons. The topological polar surface area (TPSA) is 92.3 Å². The Bertz CT molecular complexity index is 1160. The Morgan fingerprint density at radius 1 is 0.867 bits per heavy atom. The summed E-state index contributed by atoms with van der Waals surface area (Å²) in [6, 6.07) is 21.9. The third-order valence-corrected chi connectivity index (χ3v) is 5.87. The van der Waals surface area contributed by atoms with E-state index in [0.717, 1.165) is 5.56 Å². The Morgan fingerprint density at radius 2 is 1.57 bits per heavy atom. The Balaban J connectivity index is 1.75. The molecular weight excluding hydrogens is 400 g/mol. The van der Waals surface area contributed by atoms with Crippen molar-refractivity contribution in [3.05, 3.63) is 95.6 Å². The van der Waals surface area contributed by atoms with Crippen LogP contribution in [0.25, 0.3) is 0 Å². The summed E-state index contributed by atoms with van der Waals surface area (Å²) in [5.74, 6) is -0.605. The largest absolute Gasteiger partial charge is 0.352 e. The van der Waals surface area contributed by atoms with E-state index in [1.54, 1.807) is 24.3 Å². The third kappa shape index (κ3) is 5.33. The number of hydrogen-bond acceptors (Lipinski definition) is 4. The van der Waals surface area contributed by atoms with E-state index in [0.29, 0.717) is 18.5 Å². The molecule has 2 N–H and O–H groups in total. The maximum Gasteiger partial charge on any atom is 0.261 e. The number of carbonyl (C=O) groups is 2. The van der Waals surface area contributed by atoms with Gasteiger partial charge in [0.15, 0.2) is 5.78 Å². The molecule has 0 aliphatic rings. The highest BCUT2D eigenvalue weighted by Gasteiger charge is 2.19. The van der Waals surface area contributed by atoms with Gasteiger partial charge in [-0.15, -0.1) is 0 Å². The summed E-state index contributed by atoms with van der Waals surface area (Å²) in [6.45, 7) is 1.79. The molecule has 0 bridgehead atoms. The van der Waals surface area contributed by atoms with Gasteiger partial charge in [-0.1, -0.05) is 54.6 Å². The maximum atomic E-state index is 12.8. The average molecular weight is 423 g/mol. The van der Waals surface area contributed by atoms with E-state index in [-0.39, 0.29) is 27.8 Å². The Morgan fingerprint density at radius 3 is 2.30 bits per heavy atom. The average Bonchev–Trinajstić information content (AvgIpc) is 2.74. The Hall–Kier alpha value is -3.45. The van der Waals surface area contributed by atoms with Crippen molar-refractivity contribution in [1.82, 2.24) is 5.32 Å². The van der Waals surface area contributed by atoms with E-state index in [1.165, 1.54) is 31.2 Å². The molecule has 30 heavy (non-hydrogen) atoms. The molecule has 6 nitrogen and oxygen atoms in total. The van der Waals surface area contributed by atoms with Gasteiger partial charge in [-0.2, -0.15) is 0 Å². The van der Waals surface area contributed by atoms with Crippen LogP contribution in [-0.2, 0) is 16.4 Å². The van der Waals surface area contributed by atoms with Gasteiger partial charge in [0.25, 0.3) is 15.9 Å². The quantitative estimate of drug-likeness (QED) is 0.542. The molecule has 3 aromatic rings. The van der Waals surface area contributed by atoms with Crippen LogP contribution in [0, 0.1) is 0 Å². The van der Waals surface area contributed by atoms with Gasteiger partial charge in [0.05, 0.1) is 16.1 Å². The molecule has 0 spiro atoms. The molecule has 3 aromatic carbocycles. The van der Waals surface area contributed by atoms with Gasteiger partial charge in [-0.25, -0.2) is 8.42 Å². The monoisotopic (exact) mass is 422 g/mol. The molecule has 0 aliphatic carbocycles. The SMILES string of the molecule is CC(=O)c1cccc(S(=O)(=O)Nc2ccccc2C(=O)NCCc2ccccc2)c1. The molecule has 0 fully saturated rings. The molecule has 0 aliphatic heterocycles. The third-order valence-electron chi connectivity index (χ3n) is 4.51. The first-order valence-corrected chi connectivity index (χ1v) is 10.9. The summed E-state index contributed by atoms with van der Waals surface area (Å²) in [7, 11) is -3.97. The minimum Gasteiger partial charge on any atom is -0.352 e. The van der Waals surface area contributed by atoms with Crippen LogP contribution in [0.1, 0.15) is 33.2 Å². The number of sulfonamides is 1. The molecule has 3 rings (SSSR count). The lowest BCUT2D eigenvalue weighted by Gasteiger charge is -2.13. The predicted octanol–water partition coefficient (Wildman–Crippen LogP) is 3.66. The molecular formula is C23H22N2O4S. The number of benzene rings is 3. The van der Waals surface area contributed by atoms with Crippen LogP contribution in [-0.4, -0.2) is 26.7 Å². The van der Waals surface area contributed by atoms with Gasteiger partial charge in [0.1, 0.15) is 0 Å². The molecule has 0 radical (unpaired) electrons. The van der Waals surface area contributed by atoms with Crippen molar-refractivity contribution < 1.29 is 18.0 Å². The summed E-state index contributed by atoms with van der Waals surface area (Å²) in [4.78, 5) is 24.1. The number of carbonyl (C=O) groups excluding carboxylic acids is 2. The van der Waals surface area contributed by atoms with E-state index < -0.39 is 10.0 Å². The fourth-order valence-corrected chi connectivity index (χ4v) is 4.04. The second kappa shape index (κ2) is 9.37. The summed E-state index contributed by atoms with van der Waals surface area (Å²) in [5, 5.41) is 2.82. The zero-order chi connectivity index (χ0) is 21.6. The fourth-order valence-electron chi connectivity index (χ4n) is 2.92. The van der Waals surface area contributed by atoms with Crippen LogP contribution in [0.4, 0.5) is 5.69 Å². The standard InChI is InChI=1S/C23H22N2O4S/c1-17(26)19-10-7-11-20(16-19)30(28,29)25-22-13-6-5-12-21(22)23(27)24-15-14-18-8-3-2-4-9-18/h2-13,16,25H,14-15H2,1H3,(H,24,27). The highest BCUT2D eigenvalue weighted by Crippen LogP contribution is 2.21. The van der Waals surface area contributed by atoms with Crippen LogP contribution in [0.2, 0.25) is 0 Å². The van der Waals surface area contributed by atoms with Gasteiger partial charge in [0.2, 0.25) is 0 Å². The second-order valence-corrected chi connectivity index (χ2v) is 8.41. The highest BCUT2D eigenvalue weighted by atomic mass is 32.2. The number of hydrogen-bond donors (Lipinski definition) is 2. The first-order chi connectivity index (χ1) is 14.4. The lowest BCUT2D eigenvalue weighted by atomic mass is 10.1. The number of ketones is 1. The first-order valence-electron chi connectivity index (χ1n) is 9.42. The molecule has 0 atom stereocenters. The second-order valence-electron chi connectivity index (χ2n) is 6.73. The molecule has 7 heteroatoms. The van der Waals surface area contributed by atoms with Crippen LogP contribution in [0.15, 0.2) is 83.8 Å². The smallest absolute Gasteiger partial charge is 0.261 e. The fraction of sp³-hybridized carbons (Fsp3) is 0.130. The maximum absolute atomic E-state index is 12.8.